The molecule has 0 aliphatic carbocycles. The summed E-state index contributed by atoms with van der Waals surface area (Å²) < 4.78 is 17.4. The van der Waals surface area contributed by atoms with E-state index >= 15 is 0 Å². The van der Waals surface area contributed by atoms with Crippen LogP contribution in [0.1, 0.15) is 18.1 Å². The van der Waals surface area contributed by atoms with Gasteiger partial charge in [0.25, 0.3) is 0 Å². The van der Waals surface area contributed by atoms with Gasteiger partial charge in [0.15, 0.2) is 5.76 Å². The van der Waals surface area contributed by atoms with E-state index in [1.807, 2.05) is 37.3 Å². The number of rotatable bonds is 6. The van der Waals surface area contributed by atoms with E-state index in [9.17, 15) is 4.79 Å². The molecule has 0 bridgehead atoms. The lowest BCUT2D eigenvalue weighted by atomic mass is 10.1. The van der Waals surface area contributed by atoms with E-state index in [4.69, 9.17) is 37.1 Å². The highest BCUT2D eigenvalue weighted by Crippen LogP contribution is 2.33. The zero-order valence-electron chi connectivity index (χ0n) is 17.1. The maximum Gasteiger partial charge on any atom is 0.235 e. The van der Waals surface area contributed by atoms with Crippen LogP contribution in [0.3, 0.4) is 0 Å². The Labute approximate surface area is 189 Å². The number of methoxy groups -OCH3 is 1. The van der Waals surface area contributed by atoms with E-state index in [0.717, 1.165) is 12.0 Å². The fourth-order valence-corrected chi connectivity index (χ4v) is 3.76. The molecule has 0 aliphatic rings. The van der Waals surface area contributed by atoms with Crippen molar-refractivity contribution >= 4 is 34.2 Å². The first-order chi connectivity index (χ1) is 15.0. The summed E-state index contributed by atoms with van der Waals surface area (Å²) in [6.45, 7) is 2.14. The third-order valence-corrected chi connectivity index (χ3v) is 5.65. The number of halogens is 2. The van der Waals surface area contributed by atoms with Crippen LogP contribution in [0, 0.1) is 0 Å². The summed E-state index contributed by atoms with van der Waals surface area (Å²) in [5, 5.41) is 1.48. The lowest BCUT2D eigenvalue weighted by Crippen LogP contribution is -2.11. The Balaban J connectivity index is 1.84. The molecular weight excluding hydrogens is 435 g/mol. The predicted octanol–water partition coefficient (Wildman–Crippen LogP) is 6.92. The zero-order valence-corrected chi connectivity index (χ0v) is 18.6. The van der Waals surface area contributed by atoms with Gasteiger partial charge in [-0.15, -0.1) is 0 Å². The highest BCUT2D eigenvalue weighted by molar-refractivity contribution is 6.35. The van der Waals surface area contributed by atoms with Gasteiger partial charge in [-0.2, -0.15) is 0 Å². The van der Waals surface area contributed by atoms with Gasteiger partial charge in [-0.05, 0) is 60.5 Å². The maximum absolute atomic E-state index is 13.4. The molecule has 158 valence electrons. The van der Waals surface area contributed by atoms with Crippen molar-refractivity contribution < 1.29 is 13.9 Å². The Hall–Kier alpha value is -2.95. The van der Waals surface area contributed by atoms with Crippen LogP contribution in [0.5, 0.6) is 11.5 Å². The summed E-state index contributed by atoms with van der Waals surface area (Å²) in [5.74, 6) is 1.20. The minimum Gasteiger partial charge on any atom is -0.497 e. The second-order valence-electron chi connectivity index (χ2n) is 7.03. The molecule has 0 radical (unpaired) electrons. The van der Waals surface area contributed by atoms with Gasteiger partial charge in [-0.3, -0.25) is 4.79 Å². The van der Waals surface area contributed by atoms with E-state index in [0.29, 0.717) is 43.7 Å². The van der Waals surface area contributed by atoms with Crippen LogP contribution in [-0.2, 0) is 13.0 Å². The minimum absolute atomic E-state index is 0.100. The molecule has 1 heterocycles. The molecule has 31 heavy (non-hydrogen) atoms. The van der Waals surface area contributed by atoms with Crippen molar-refractivity contribution in [2.24, 2.45) is 0 Å². The summed E-state index contributed by atoms with van der Waals surface area (Å²) in [4.78, 5) is 13.4. The molecule has 4 rings (SSSR count). The summed E-state index contributed by atoms with van der Waals surface area (Å²) in [5.41, 5.74) is 2.74. The lowest BCUT2D eigenvalue weighted by Gasteiger charge is -2.13. The van der Waals surface area contributed by atoms with Crippen molar-refractivity contribution in [3.63, 3.8) is 0 Å². The standard InChI is InChI=1S/C25H20Cl2O4/c1-3-15-4-11-22-20(12-15)23(28)25(30-14-17-5-8-18(26)13-21(17)27)24(31-22)16-6-9-19(29-2)10-7-16/h4-13H,3,14H2,1-2H3. The van der Waals surface area contributed by atoms with Crippen LogP contribution in [0.25, 0.3) is 22.3 Å². The van der Waals surface area contributed by atoms with Crippen molar-refractivity contribution in [2.45, 2.75) is 20.0 Å². The summed E-state index contributed by atoms with van der Waals surface area (Å²) in [6.07, 6.45) is 0.812. The van der Waals surface area contributed by atoms with Crippen molar-refractivity contribution in [3.05, 3.63) is 92.1 Å². The minimum atomic E-state index is -0.229. The largest absolute Gasteiger partial charge is 0.497 e. The normalized spacial score (nSPS) is 11.0. The van der Waals surface area contributed by atoms with Crippen molar-refractivity contribution in [3.8, 4) is 22.8 Å². The number of ether oxygens (including phenoxy) is 2. The molecule has 4 aromatic rings. The van der Waals surface area contributed by atoms with Crippen molar-refractivity contribution in [2.75, 3.05) is 7.11 Å². The van der Waals surface area contributed by atoms with E-state index in [-0.39, 0.29) is 17.8 Å². The Kier molecular flexibility index (Phi) is 6.21. The number of benzene rings is 3. The molecule has 3 aromatic carbocycles. The molecule has 0 N–H and O–H groups in total. The summed E-state index contributed by atoms with van der Waals surface area (Å²) >= 11 is 12.3. The van der Waals surface area contributed by atoms with Crippen LogP contribution >= 0.6 is 23.2 Å². The van der Waals surface area contributed by atoms with Gasteiger partial charge in [0.2, 0.25) is 11.2 Å². The van der Waals surface area contributed by atoms with E-state index in [2.05, 4.69) is 0 Å². The summed E-state index contributed by atoms with van der Waals surface area (Å²) in [7, 11) is 1.60. The average molecular weight is 455 g/mol. The molecule has 1 aromatic heterocycles. The Morgan fingerprint density at radius 2 is 1.74 bits per heavy atom. The first kappa shape index (κ1) is 21.3. The highest BCUT2D eigenvalue weighted by Gasteiger charge is 2.19. The van der Waals surface area contributed by atoms with Crippen LogP contribution in [0.15, 0.2) is 69.9 Å². The molecule has 0 saturated heterocycles. The van der Waals surface area contributed by atoms with Crippen LogP contribution in [0.2, 0.25) is 10.0 Å². The molecule has 0 atom stereocenters. The third-order valence-electron chi connectivity index (χ3n) is 5.06. The van der Waals surface area contributed by atoms with Gasteiger partial charge in [-0.25, -0.2) is 0 Å². The van der Waals surface area contributed by atoms with Gasteiger partial charge in [-0.1, -0.05) is 42.3 Å². The smallest absolute Gasteiger partial charge is 0.235 e. The van der Waals surface area contributed by atoms with Crippen molar-refractivity contribution in [1.29, 1.82) is 0 Å². The monoisotopic (exact) mass is 454 g/mol. The molecule has 0 amide bonds. The van der Waals surface area contributed by atoms with Gasteiger partial charge in [0.05, 0.1) is 12.5 Å². The molecule has 0 aliphatic heterocycles. The molecular formula is C25H20Cl2O4. The molecule has 0 spiro atoms. The lowest BCUT2D eigenvalue weighted by molar-refractivity contribution is 0.298. The van der Waals surface area contributed by atoms with Crippen molar-refractivity contribution in [1.82, 2.24) is 0 Å². The topological polar surface area (TPSA) is 48.7 Å². The number of hydrogen-bond acceptors (Lipinski definition) is 4. The third kappa shape index (κ3) is 4.41. The van der Waals surface area contributed by atoms with Crippen LogP contribution < -0.4 is 14.9 Å². The van der Waals surface area contributed by atoms with Gasteiger partial charge in [0, 0.05) is 21.2 Å². The average Bonchev–Trinajstić information content (AvgIpc) is 2.79. The Morgan fingerprint density at radius 1 is 0.968 bits per heavy atom. The number of hydrogen-bond donors (Lipinski definition) is 0. The molecule has 6 heteroatoms. The van der Waals surface area contributed by atoms with E-state index in [1.165, 1.54) is 0 Å². The predicted molar refractivity (Wildman–Crippen MR) is 125 cm³/mol. The second-order valence-corrected chi connectivity index (χ2v) is 7.87. The first-order valence-electron chi connectivity index (χ1n) is 9.81. The first-order valence-corrected chi connectivity index (χ1v) is 10.6. The second kappa shape index (κ2) is 9.04. The van der Waals surface area contributed by atoms with Gasteiger partial charge >= 0.3 is 0 Å². The zero-order chi connectivity index (χ0) is 22.0. The van der Waals surface area contributed by atoms with E-state index < -0.39 is 0 Å². The quantitative estimate of drug-likeness (QED) is 0.317. The SMILES string of the molecule is CCc1ccc2oc(-c3ccc(OC)cc3)c(OCc3ccc(Cl)cc3Cl)c(=O)c2c1. The Morgan fingerprint density at radius 3 is 2.42 bits per heavy atom. The molecule has 0 unspecified atom stereocenters. The van der Waals surface area contributed by atoms with Crippen LogP contribution in [0.4, 0.5) is 0 Å². The maximum atomic E-state index is 13.4. The molecule has 0 saturated carbocycles. The molecule has 4 nitrogen and oxygen atoms in total. The summed E-state index contributed by atoms with van der Waals surface area (Å²) in [6, 6.07) is 18.0. The van der Waals surface area contributed by atoms with Gasteiger partial charge < -0.3 is 13.9 Å². The Bertz CT molecular complexity index is 1290. The highest BCUT2D eigenvalue weighted by atomic mass is 35.5. The van der Waals surface area contributed by atoms with E-state index in [1.54, 1.807) is 37.4 Å². The van der Waals surface area contributed by atoms with Gasteiger partial charge in [0.1, 0.15) is 17.9 Å². The fraction of sp³-hybridized carbons (Fsp3) is 0.160. The fourth-order valence-electron chi connectivity index (χ4n) is 3.30. The number of fused-ring (bicyclic) bond motifs is 1. The van der Waals surface area contributed by atoms with Crippen LogP contribution in [-0.4, -0.2) is 7.11 Å². The molecule has 0 fully saturated rings. The number of aryl methyl sites for hydroxylation is 1.